The maximum Gasteiger partial charge on any atom is 0.183 e. The van der Waals surface area contributed by atoms with Crippen LogP contribution in [0.3, 0.4) is 0 Å². The van der Waals surface area contributed by atoms with Crippen LogP contribution in [0.2, 0.25) is 0 Å². The van der Waals surface area contributed by atoms with Crippen LogP contribution in [0.4, 0.5) is 0 Å². The van der Waals surface area contributed by atoms with Crippen molar-refractivity contribution in [2.75, 3.05) is 0 Å². The van der Waals surface area contributed by atoms with Gasteiger partial charge in [-0.15, -0.1) is 0 Å². The summed E-state index contributed by atoms with van der Waals surface area (Å²) in [5.74, 6) is -0.0965. The molecule has 3 atom stereocenters. The van der Waals surface area contributed by atoms with Gasteiger partial charge in [-0.25, -0.2) is 8.42 Å². The third-order valence-corrected chi connectivity index (χ3v) is 6.15. The summed E-state index contributed by atoms with van der Waals surface area (Å²) in [6.07, 6.45) is 0. The van der Waals surface area contributed by atoms with E-state index in [-0.39, 0.29) is 12.0 Å². The molecule has 1 aliphatic rings. The van der Waals surface area contributed by atoms with Gasteiger partial charge in [0, 0.05) is 12.0 Å². The normalized spacial score (nSPS) is 25.4. The molecule has 0 bridgehead atoms. The van der Waals surface area contributed by atoms with Crippen molar-refractivity contribution in [1.82, 2.24) is 0 Å². The van der Waals surface area contributed by atoms with Gasteiger partial charge in [0.1, 0.15) is 0 Å². The number of rotatable bonds is 3. The quantitative estimate of drug-likeness (QED) is 0.942. The van der Waals surface area contributed by atoms with E-state index in [9.17, 15) is 8.42 Å². The summed E-state index contributed by atoms with van der Waals surface area (Å²) < 4.78 is 25.2. The molecule has 2 aromatic rings. The van der Waals surface area contributed by atoms with Gasteiger partial charge in [-0.1, -0.05) is 48.0 Å². The first-order valence-electron chi connectivity index (χ1n) is 6.63. The molecule has 3 rings (SSSR count). The summed E-state index contributed by atoms with van der Waals surface area (Å²) >= 11 is 0. The zero-order chi connectivity index (χ0) is 14.3. The highest BCUT2D eigenvalue weighted by Gasteiger charge is 2.56. The first kappa shape index (κ1) is 13.3. The molecule has 104 valence electrons. The minimum atomic E-state index is -3.35. The second-order valence-electron chi connectivity index (χ2n) is 5.34. The van der Waals surface area contributed by atoms with Gasteiger partial charge < -0.3 is 5.73 Å². The van der Waals surface area contributed by atoms with Crippen LogP contribution in [-0.2, 0) is 9.84 Å². The Bertz CT molecular complexity index is 708. The summed E-state index contributed by atoms with van der Waals surface area (Å²) in [5.41, 5.74) is 8.19. The van der Waals surface area contributed by atoms with Crippen molar-refractivity contribution in [3.63, 3.8) is 0 Å². The highest BCUT2D eigenvalue weighted by Crippen LogP contribution is 2.46. The van der Waals surface area contributed by atoms with Gasteiger partial charge in [-0.3, -0.25) is 0 Å². The smallest absolute Gasteiger partial charge is 0.183 e. The standard InChI is InChI=1S/C16H17NO2S/c1-11-7-9-12(10-8-11)14-15(17)16(14)20(18,19)13-5-3-2-4-6-13/h2-10,14-16H,17H2,1H3/t14-,15-,16+/m0/s1. The Morgan fingerprint density at radius 2 is 1.55 bits per heavy atom. The van der Waals surface area contributed by atoms with Crippen molar-refractivity contribution in [2.45, 2.75) is 29.0 Å². The highest BCUT2D eigenvalue weighted by molar-refractivity contribution is 7.92. The average molecular weight is 287 g/mol. The molecule has 0 spiro atoms. The van der Waals surface area contributed by atoms with E-state index in [0.717, 1.165) is 11.1 Å². The molecule has 0 aliphatic heterocycles. The van der Waals surface area contributed by atoms with Gasteiger partial charge in [0.2, 0.25) is 0 Å². The molecule has 1 fully saturated rings. The molecule has 20 heavy (non-hydrogen) atoms. The zero-order valence-electron chi connectivity index (χ0n) is 11.2. The van der Waals surface area contributed by atoms with E-state index in [0.29, 0.717) is 4.90 Å². The molecule has 2 aromatic carbocycles. The van der Waals surface area contributed by atoms with E-state index in [1.807, 2.05) is 37.3 Å². The molecular weight excluding hydrogens is 270 g/mol. The molecule has 0 unspecified atom stereocenters. The monoisotopic (exact) mass is 287 g/mol. The summed E-state index contributed by atoms with van der Waals surface area (Å²) in [7, 11) is -3.35. The van der Waals surface area contributed by atoms with E-state index in [1.165, 1.54) is 0 Å². The SMILES string of the molecule is Cc1ccc([C@H]2[C@H](N)[C@@H]2S(=O)(=O)c2ccccc2)cc1. The van der Waals surface area contributed by atoms with Crippen LogP contribution in [0, 0.1) is 6.92 Å². The second kappa shape index (κ2) is 4.72. The van der Waals surface area contributed by atoms with Gasteiger partial charge in [-0.2, -0.15) is 0 Å². The van der Waals surface area contributed by atoms with Gasteiger partial charge in [0.05, 0.1) is 10.1 Å². The molecular formula is C16H17NO2S. The molecule has 0 saturated heterocycles. The van der Waals surface area contributed by atoms with Crippen molar-refractivity contribution in [3.05, 3.63) is 65.7 Å². The van der Waals surface area contributed by atoms with Crippen LogP contribution < -0.4 is 5.73 Å². The molecule has 0 radical (unpaired) electrons. The molecule has 2 N–H and O–H groups in total. The van der Waals surface area contributed by atoms with Crippen LogP contribution in [0.1, 0.15) is 17.0 Å². The van der Waals surface area contributed by atoms with Crippen molar-refractivity contribution in [1.29, 1.82) is 0 Å². The molecule has 0 amide bonds. The first-order valence-corrected chi connectivity index (χ1v) is 8.17. The van der Waals surface area contributed by atoms with Crippen molar-refractivity contribution in [2.24, 2.45) is 5.73 Å². The van der Waals surface area contributed by atoms with Gasteiger partial charge in [0.25, 0.3) is 0 Å². The number of hydrogen-bond donors (Lipinski definition) is 1. The minimum Gasteiger partial charge on any atom is -0.326 e. The van der Waals surface area contributed by atoms with E-state index < -0.39 is 15.1 Å². The molecule has 1 aliphatic carbocycles. The van der Waals surface area contributed by atoms with E-state index in [2.05, 4.69) is 0 Å². The Balaban J connectivity index is 1.91. The van der Waals surface area contributed by atoms with Gasteiger partial charge in [0.15, 0.2) is 9.84 Å². The Morgan fingerprint density at radius 1 is 0.950 bits per heavy atom. The number of hydrogen-bond acceptors (Lipinski definition) is 3. The lowest BCUT2D eigenvalue weighted by Crippen LogP contribution is -2.15. The van der Waals surface area contributed by atoms with E-state index >= 15 is 0 Å². The lowest BCUT2D eigenvalue weighted by Gasteiger charge is -2.04. The number of aryl methyl sites for hydroxylation is 1. The summed E-state index contributed by atoms with van der Waals surface area (Å²) in [6, 6.07) is 16.2. The largest absolute Gasteiger partial charge is 0.326 e. The molecule has 1 saturated carbocycles. The maximum absolute atomic E-state index is 12.6. The lowest BCUT2D eigenvalue weighted by molar-refractivity contribution is 0.593. The molecule has 3 nitrogen and oxygen atoms in total. The third-order valence-electron chi connectivity index (χ3n) is 3.90. The second-order valence-corrected chi connectivity index (χ2v) is 7.44. The molecule has 4 heteroatoms. The number of nitrogens with two attached hydrogens (primary N) is 1. The maximum atomic E-state index is 12.6. The van der Waals surface area contributed by atoms with Crippen LogP contribution in [0.25, 0.3) is 0 Å². The minimum absolute atomic E-state index is 0.0965. The third kappa shape index (κ3) is 2.15. The van der Waals surface area contributed by atoms with Crippen molar-refractivity contribution < 1.29 is 8.42 Å². The van der Waals surface area contributed by atoms with Crippen LogP contribution in [-0.4, -0.2) is 19.7 Å². The topological polar surface area (TPSA) is 60.2 Å². The van der Waals surface area contributed by atoms with Crippen LogP contribution in [0.5, 0.6) is 0 Å². The Labute approximate surface area is 119 Å². The Kier molecular flexibility index (Phi) is 3.15. The first-order chi connectivity index (χ1) is 9.51. The fraction of sp³-hybridized carbons (Fsp3) is 0.250. The predicted octanol–water partition coefficient (Wildman–Crippen LogP) is 2.26. The van der Waals surface area contributed by atoms with Crippen molar-refractivity contribution >= 4 is 9.84 Å². The lowest BCUT2D eigenvalue weighted by atomic mass is 10.1. The molecule has 0 aromatic heterocycles. The highest BCUT2D eigenvalue weighted by atomic mass is 32.2. The fourth-order valence-corrected chi connectivity index (χ4v) is 4.74. The zero-order valence-corrected chi connectivity index (χ0v) is 12.0. The Hall–Kier alpha value is -1.65. The Morgan fingerprint density at radius 3 is 2.15 bits per heavy atom. The van der Waals surface area contributed by atoms with Crippen molar-refractivity contribution in [3.8, 4) is 0 Å². The van der Waals surface area contributed by atoms with E-state index in [1.54, 1.807) is 24.3 Å². The van der Waals surface area contributed by atoms with Crippen LogP contribution in [0.15, 0.2) is 59.5 Å². The van der Waals surface area contributed by atoms with E-state index in [4.69, 9.17) is 5.73 Å². The molecule has 0 heterocycles. The van der Waals surface area contributed by atoms with Crippen LogP contribution >= 0.6 is 0 Å². The summed E-state index contributed by atoms with van der Waals surface area (Å²) in [5, 5.41) is -0.507. The number of benzene rings is 2. The fourth-order valence-electron chi connectivity index (χ4n) is 2.67. The number of sulfone groups is 1. The summed E-state index contributed by atoms with van der Waals surface area (Å²) in [4.78, 5) is 0.357. The predicted molar refractivity (Wildman–Crippen MR) is 79.3 cm³/mol. The van der Waals surface area contributed by atoms with Gasteiger partial charge in [-0.05, 0) is 24.6 Å². The summed E-state index contributed by atoms with van der Waals surface area (Å²) in [6.45, 7) is 2.01. The van der Waals surface area contributed by atoms with Gasteiger partial charge >= 0.3 is 0 Å². The average Bonchev–Trinajstić information content (AvgIpc) is 3.13.